The predicted octanol–water partition coefficient (Wildman–Crippen LogP) is 4.46. The van der Waals surface area contributed by atoms with Crippen LogP contribution in [0.2, 0.25) is 5.02 Å². The molecule has 0 amide bonds. The van der Waals surface area contributed by atoms with Gasteiger partial charge in [-0.15, -0.1) is 11.8 Å². The minimum Gasteiger partial charge on any atom is -0.295 e. The molecule has 21 heavy (non-hydrogen) atoms. The highest BCUT2D eigenvalue weighted by Crippen LogP contribution is 2.33. The van der Waals surface area contributed by atoms with Crippen molar-refractivity contribution < 1.29 is 0 Å². The van der Waals surface area contributed by atoms with Crippen LogP contribution in [0.3, 0.4) is 0 Å². The molecule has 2 aromatic rings. The molecule has 108 valence electrons. The van der Waals surface area contributed by atoms with Crippen molar-refractivity contribution in [3.63, 3.8) is 0 Å². The number of benzene rings is 2. The normalized spacial score (nSPS) is 13.4. The summed E-state index contributed by atoms with van der Waals surface area (Å²) in [6.45, 7) is 2.74. The molecule has 0 aliphatic heterocycles. The van der Waals surface area contributed by atoms with Gasteiger partial charge in [-0.25, -0.2) is 0 Å². The summed E-state index contributed by atoms with van der Waals surface area (Å²) in [5, 5.41) is 13.8. The molecule has 0 aromatic heterocycles. The number of rotatable bonds is 6. The largest absolute Gasteiger partial charge is 0.295 e. The fraction of sp³-hybridized carbons (Fsp3) is 0.235. The number of hydrogen-bond acceptors (Lipinski definition) is 3. The standard InChI is InChI=1S/C17H17ClN2S/c1-2-20-17(12-19,14-8-4-3-5-9-14)13-21-16-11-7-6-10-15(16)18/h3-11,20H,2,13H2,1H3. The average molecular weight is 317 g/mol. The Labute approximate surface area is 135 Å². The molecule has 0 spiro atoms. The van der Waals surface area contributed by atoms with Gasteiger partial charge in [-0.1, -0.05) is 61.0 Å². The van der Waals surface area contributed by atoms with E-state index in [4.69, 9.17) is 11.6 Å². The molecule has 1 atom stereocenters. The summed E-state index contributed by atoms with van der Waals surface area (Å²) in [5.41, 5.74) is 0.272. The van der Waals surface area contributed by atoms with Crippen molar-refractivity contribution in [3.05, 3.63) is 65.2 Å². The number of halogens is 1. The van der Waals surface area contributed by atoms with Crippen LogP contribution in [0.25, 0.3) is 0 Å². The van der Waals surface area contributed by atoms with Crippen LogP contribution in [-0.2, 0) is 5.54 Å². The summed E-state index contributed by atoms with van der Waals surface area (Å²) in [5.74, 6) is 0.602. The van der Waals surface area contributed by atoms with E-state index in [1.54, 1.807) is 11.8 Å². The number of thioether (sulfide) groups is 1. The molecular weight excluding hydrogens is 300 g/mol. The van der Waals surface area contributed by atoms with Gasteiger partial charge in [0.15, 0.2) is 0 Å². The molecule has 0 radical (unpaired) electrons. The van der Waals surface area contributed by atoms with Crippen molar-refractivity contribution in [2.45, 2.75) is 17.4 Å². The second-order valence-corrected chi connectivity index (χ2v) is 6.06. The van der Waals surface area contributed by atoms with E-state index in [1.165, 1.54) is 0 Å². The van der Waals surface area contributed by atoms with Crippen molar-refractivity contribution in [1.29, 1.82) is 5.26 Å². The van der Waals surface area contributed by atoms with Crippen molar-refractivity contribution in [3.8, 4) is 6.07 Å². The van der Waals surface area contributed by atoms with Gasteiger partial charge in [0.25, 0.3) is 0 Å². The van der Waals surface area contributed by atoms with Crippen LogP contribution in [0.4, 0.5) is 0 Å². The van der Waals surface area contributed by atoms with E-state index in [1.807, 2.05) is 61.5 Å². The van der Waals surface area contributed by atoms with E-state index in [0.29, 0.717) is 5.75 Å². The maximum Gasteiger partial charge on any atom is 0.141 e. The minimum absolute atomic E-state index is 0.602. The van der Waals surface area contributed by atoms with Gasteiger partial charge >= 0.3 is 0 Å². The molecule has 1 unspecified atom stereocenters. The summed E-state index contributed by atoms with van der Waals surface area (Å²) in [7, 11) is 0. The Morgan fingerprint density at radius 1 is 1.14 bits per heavy atom. The third kappa shape index (κ3) is 3.79. The fourth-order valence-corrected chi connectivity index (χ4v) is 3.53. The second kappa shape index (κ2) is 7.51. The van der Waals surface area contributed by atoms with Crippen LogP contribution in [-0.4, -0.2) is 12.3 Å². The molecule has 0 bridgehead atoms. The lowest BCUT2D eigenvalue weighted by Crippen LogP contribution is -2.43. The molecule has 2 aromatic carbocycles. The topological polar surface area (TPSA) is 35.8 Å². The Balaban J connectivity index is 2.26. The summed E-state index contributed by atoms with van der Waals surface area (Å²) >= 11 is 7.79. The van der Waals surface area contributed by atoms with Gasteiger partial charge in [0.05, 0.1) is 11.1 Å². The van der Waals surface area contributed by atoms with E-state index in [2.05, 4.69) is 11.4 Å². The first-order chi connectivity index (χ1) is 10.2. The lowest BCUT2D eigenvalue weighted by Gasteiger charge is -2.28. The number of nitrogens with one attached hydrogen (secondary N) is 1. The molecule has 2 rings (SSSR count). The molecule has 0 saturated heterocycles. The Bertz CT molecular complexity index is 624. The van der Waals surface area contributed by atoms with Crippen LogP contribution in [0.1, 0.15) is 12.5 Å². The first-order valence-corrected chi connectivity index (χ1v) is 8.17. The van der Waals surface area contributed by atoms with Crippen LogP contribution >= 0.6 is 23.4 Å². The van der Waals surface area contributed by atoms with E-state index >= 15 is 0 Å². The molecule has 2 nitrogen and oxygen atoms in total. The lowest BCUT2D eigenvalue weighted by molar-refractivity contribution is 0.490. The van der Waals surface area contributed by atoms with Crippen LogP contribution in [0.15, 0.2) is 59.5 Å². The maximum absolute atomic E-state index is 9.75. The SMILES string of the molecule is CCNC(C#N)(CSc1ccccc1Cl)c1ccccc1. The van der Waals surface area contributed by atoms with Gasteiger partial charge in [0, 0.05) is 10.6 Å². The first kappa shape index (κ1) is 15.9. The number of nitrogens with zero attached hydrogens (tertiary/aromatic N) is 1. The van der Waals surface area contributed by atoms with E-state index in [-0.39, 0.29) is 0 Å². The highest BCUT2D eigenvalue weighted by atomic mass is 35.5. The highest BCUT2D eigenvalue weighted by molar-refractivity contribution is 7.99. The van der Waals surface area contributed by atoms with Crippen molar-refractivity contribution >= 4 is 23.4 Å². The predicted molar refractivity (Wildman–Crippen MR) is 89.6 cm³/mol. The molecule has 1 N–H and O–H groups in total. The third-order valence-electron chi connectivity index (χ3n) is 3.22. The zero-order chi connectivity index (χ0) is 15.1. The second-order valence-electron chi connectivity index (χ2n) is 4.63. The summed E-state index contributed by atoms with van der Waals surface area (Å²) in [4.78, 5) is 0.993. The fourth-order valence-electron chi connectivity index (χ4n) is 2.15. The molecule has 0 saturated carbocycles. The smallest absolute Gasteiger partial charge is 0.141 e. The molecule has 0 aliphatic carbocycles. The van der Waals surface area contributed by atoms with E-state index in [9.17, 15) is 5.26 Å². The van der Waals surface area contributed by atoms with Gasteiger partial charge in [0.1, 0.15) is 5.54 Å². The summed E-state index contributed by atoms with van der Waals surface area (Å²) in [6, 6.07) is 20.0. The molecule has 0 fully saturated rings. The Kier molecular flexibility index (Phi) is 5.69. The number of hydrogen-bond donors (Lipinski definition) is 1. The van der Waals surface area contributed by atoms with E-state index < -0.39 is 5.54 Å². The van der Waals surface area contributed by atoms with Crippen LogP contribution in [0, 0.1) is 11.3 Å². The lowest BCUT2D eigenvalue weighted by atomic mass is 9.93. The van der Waals surface area contributed by atoms with Gasteiger partial charge in [-0.2, -0.15) is 5.26 Å². The quantitative estimate of drug-likeness (QED) is 0.799. The van der Waals surface area contributed by atoms with Crippen molar-refractivity contribution in [2.24, 2.45) is 0 Å². The summed E-state index contributed by atoms with van der Waals surface area (Å²) < 4.78 is 0. The minimum atomic E-state index is -0.708. The molecular formula is C17H17ClN2S. The number of nitriles is 1. The monoisotopic (exact) mass is 316 g/mol. The zero-order valence-electron chi connectivity index (χ0n) is 11.8. The summed E-state index contributed by atoms with van der Waals surface area (Å²) in [6.07, 6.45) is 0. The van der Waals surface area contributed by atoms with Crippen molar-refractivity contribution in [2.75, 3.05) is 12.3 Å². The third-order valence-corrected chi connectivity index (χ3v) is 4.90. The Morgan fingerprint density at radius 2 is 1.81 bits per heavy atom. The van der Waals surface area contributed by atoms with Crippen LogP contribution < -0.4 is 5.32 Å². The highest BCUT2D eigenvalue weighted by Gasteiger charge is 2.31. The van der Waals surface area contributed by atoms with Gasteiger partial charge in [-0.3, -0.25) is 5.32 Å². The van der Waals surface area contributed by atoms with Gasteiger partial charge < -0.3 is 0 Å². The Hall–Kier alpha value is -1.47. The first-order valence-electron chi connectivity index (χ1n) is 6.81. The Morgan fingerprint density at radius 3 is 2.43 bits per heavy atom. The van der Waals surface area contributed by atoms with E-state index in [0.717, 1.165) is 22.0 Å². The van der Waals surface area contributed by atoms with Crippen molar-refractivity contribution in [1.82, 2.24) is 5.32 Å². The van der Waals surface area contributed by atoms with Crippen LogP contribution in [0.5, 0.6) is 0 Å². The maximum atomic E-state index is 9.75. The molecule has 0 aliphatic rings. The van der Waals surface area contributed by atoms with Gasteiger partial charge in [0.2, 0.25) is 0 Å². The zero-order valence-corrected chi connectivity index (χ0v) is 13.4. The molecule has 4 heteroatoms. The molecule has 0 heterocycles. The average Bonchev–Trinajstić information content (AvgIpc) is 2.54. The van der Waals surface area contributed by atoms with Gasteiger partial charge in [-0.05, 0) is 24.2 Å².